The van der Waals surface area contributed by atoms with Crippen molar-refractivity contribution in [3.8, 4) is 0 Å². The number of H-pyrrole nitrogens is 1. The van der Waals surface area contributed by atoms with Crippen LogP contribution in [0.2, 0.25) is 0 Å². The fourth-order valence-corrected chi connectivity index (χ4v) is 5.39. The summed E-state index contributed by atoms with van der Waals surface area (Å²) in [6, 6.07) is 4.58. The lowest BCUT2D eigenvalue weighted by molar-refractivity contribution is -0.0305. The van der Waals surface area contributed by atoms with Gasteiger partial charge in [0.2, 0.25) is 0 Å². The monoisotopic (exact) mass is 399 g/mol. The maximum Gasteiger partial charge on any atom is 0.326 e. The van der Waals surface area contributed by atoms with Gasteiger partial charge in [-0.1, -0.05) is 6.92 Å². The summed E-state index contributed by atoms with van der Waals surface area (Å²) in [4.78, 5) is 18.5. The van der Waals surface area contributed by atoms with Crippen LogP contribution in [0.1, 0.15) is 76.0 Å². The highest BCUT2D eigenvalue weighted by Crippen LogP contribution is 2.38. The molecule has 0 unspecified atom stereocenters. The maximum absolute atomic E-state index is 12.7. The molecule has 1 saturated carbocycles. The average Bonchev–Trinajstić information content (AvgIpc) is 3.02. The number of hydrogen-bond acceptors (Lipinski definition) is 3. The quantitative estimate of drug-likeness (QED) is 0.792. The fraction of sp³-hybridized carbons (Fsp3) is 0.708. The second-order valence-corrected chi connectivity index (χ2v) is 9.54. The van der Waals surface area contributed by atoms with Crippen molar-refractivity contribution in [2.75, 3.05) is 19.7 Å². The van der Waals surface area contributed by atoms with Crippen LogP contribution in [0.25, 0.3) is 11.0 Å². The van der Waals surface area contributed by atoms with Crippen molar-refractivity contribution in [1.29, 1.82) is 0 Å². The Morgan fingerprint density at radius 3 is 2.41 bits per heavy atom. The number of ether oxygens (including phenoxy) is 1. The molecule has 5 heteroatoms. The minimum Gasteiger partial charge on any atom is -0.378 e. The van der Waals surface area contributed by atoms with E-state index in [0.717, 1.165) is 50.0 Å². The Morgan fingerprint density at radius 1 is 1.10 bits per heavy atom. The van der Waals surface area contributed by atoms with E-state index in [1.54, 1.807) is 0 Å². The number of nitrogens with one attached hydrogen (secondary N) is 1. The van der Waals surface area contributed by atoms with E-state index in [-0.39, 0.29) is 11.2 Å². The van der Waals surface area contributed by atoms with Gasteiger partial charge in [0.25, 0.3) is 0 Å². The number of likely N-dealkylation sites (tertiary alicyclic amines) is 1. The Kier molecular flexibility index (Phi) is 5.90. The molecule has 2 aromatic rings. The molecule has 0 bridgehead atoms. The molecule has 0 radical (unpaired) electrons. The van der Waals surface area contributed by atoms with Crippen molar-refractivity contribution >= 4 is 11.0 Å². The molecule has 2 fully saturated rings. The molecular formula is C24H37N3O2. The summed E-state index contributed by atoms with van der Waals surface area (Å²) in [5, 5.41) is 0. The van der Waals surface area contributed by atoms with Crippen LogP contribution in [0.3, 0.4) is 0 Å². The molecule has 0 spiro atoms. The number of aryl methyl sites for hydroxylation is 2. The maximum atomic E-state index is 12.7. The van der Waals surface area contributed by atoms with E-state index >= 15 is 0 Å². The third-order valence-electron chi connectivity index (χ3n) is 7.49. The van der Waals surface area contributed by atoms with Crippen molar-refractivity contribution in [2.45, 2.75) is 90.3 Å². The van der Waals surface area contributed by atoms with Gasteiger partial charge in [0.05, 0.1) is 17.1 Å². The SMILES string of the molecule is CCCO[C@H]1CC[C@](C)(N2CCC(n3c(=O)[nH]c4cc(C)c(C)cc43)CC2)CC1. The Balaban J connectivity index is 1.43. The van der Waals surface area contributed by atoms with Crippen LogP contribution in [0.15, 0.2) is 16.9 Å². The van der Waals surface area contributed by atoms with Gasteiger partial charge in [-0.05, 0) is 89.0 Å². The Labute approximate surface area is 174 Å². The fourth-order valence-electron chi connectivity index (χ4n) is 5.39. The number of aromatic nitrogens is 2. The van der Waals surface area contributed by atoms with Gasteiger partial charge < -0.3 is 9.72 Å². The number of fused-ring (bicyclic) bond motifs is 1. The number of nitrogens with zero attached hydrogens (tertiary/aromatic N) is 2. The molecule has 0 amide bonds. The van der Waals surface area contributed by atoms with Gasteiger partial charge in [0.1, 0.15) is 0 Å². The molecule has 1 aliphatic heterocycles. The first-order valence-corrected chi connectivity index (χ1v) is 11.5. The van der Waals surface area contributed by atoms with Crippen LogP contribution < -0.4 is 5.69 Å². The molecule has 1 aromatic carbocycles. The van der Waals surface area contributed by atoms with E-state index in [1.807, 2.05) is 4.57 Å². The van der Waals surface area contributed by atoms with Gasteiger partial charge in [-0.25, -0.2) is 4.79 Å². The first kappa shape index (κ1) is 20.7. The molecule has 4 rings (SSSR count). The highest BCUT2D eigenvalue weighted by atomic mass is 16.5. The molecular weight excluding hydrogens is 362 g/mol. The largest absolute Gasteiger partial charge is 0.378 e. The average molecular weight is 400 g/mol. The van der Waals surface area contributed by atoms with E-state index in [4.69, 9.17) is 4.74 Å². The highest BCUT2D eigenvalue weighted by molar-refractivity contribution is 5.77. The van der Waals surface area contributed by atoms with Crippen LogP contribution in [-0.2, 0) is 4.74 Å². The summed E-state index contributed by atoms with van der Waals surface area (Å²) in [7, 11) is 0. The second kappa shape index (κ2) is 8.27. The number of aromatic amines is 1. The Hall–Kier alpha value is -1.59. The predicted octanol–water partition coefficient (Wildman–Crippen LogP) is 4.71. The number of rotatable bonds is 5. The molecule has 5 nitrogen and oxygen atoms in total. The third-order valence-corrected chi connectivity index (χ3v) is 7.49. The van der Waals surface area contributed by atoms with E-state index in [9.17, 15) is 4.79 Å². The standard InChI is InChI=1S/C24H37N3O2/c1-5-14-29-20-6-10-24(4,11-7-20)26-12-8-19(9-13-26)27-22-16-18(3)17(2)15-21(22)25-23(27)28/h15-16,19-20H,5-14H2,1-4H3,(H,25,28)/t20-,24-. The van der Waals surface area contributed by atoms with Crippen LogP contribution in [0.4, 0.5) is 0 Å². The molecule has 2 aliphatic rings. The molecule has 2 heterocycles. The molecule has 1 aromatic heterocycles. The highest BCUT2D eigenvalue weighted by Gasteiger charge is 2.38. The van der Waals surface area contributed by atoms with Gasteiger partial charge in [-0.3, -0.25) is 9.47 Å². The van der Waals surface area contributed by atoms with Crippen molar-refractivity contribution in [2.24, 2.45) is 0 Å². The summed E-state index contributed by atoms with van der Waals surface area (Å²) in [5.74, 6) is 0. The van der Waals surface area contributed by atoms with E-state index < -0.39 is 0 Å². The van der Waals surface area contributed by atoms with Crippen LogP contribution >= 0.6 is 0 Å². The lowest BCUT2D eigenvalue weighted by Crippen LogP contribution is -2.53. The molecule has 160 valence electrons. The normalized spacial score (nSPS) is 27.0. The number of hydrogen-bond donors (Lipinski definition) is 1. The Morgan fingerprint density at radius 2 is 1.76 bits per heavy atom. The van der Waals surface area contributed by atoms with E-state index in [0.29, 0.717) is 12.1 Å². The topological polar surface area (TPSA) is 50.3 Å². The van der Waals surface area contributed by atoms with Gasteiger partial charge in [-0.15, -0.1) is 0 Å². The van der Waals surface area contributed by atoms with Gasteiger partial charge in [0.15, 0.2) is 0 Å². The van der Waals surface area contributed by atoms with Crippen LogP contribution in [0.5, 0.6) is 0 Å². The van der Waals surface area contributed by atoms with Crippen molar-refractivity contribution in [3.05, 3.63) is 33.7 Å². The summed E-state index contributed by atoms with van der Waals surface area (Å²) in [5.41, 5.74) is 4.84. The van der Waals surface area contributed by atoms with Crippen molar-refractivity contribution in [1.82, 2.24) is 14.5 Å². The summed E-state index contributed by atoms with van der Waals surface area (Å²) in [6.45, 7) is 11.9. The van der Waals surface area contributed by atoms with Gasteiger partial charge in [-0.2, -0.15) is 0 Å². The lowest BCUT2D eigenvalue weighted by Gasteiger charge is -2.48. The van der Waals surface area contributed by atoms with Crippen LogP contribution in [0, 0.1) is 13.8 Å². The summed E-state index contributed by atoms with van der Waals surface area (Å²) in [6.07, 6.45) is 8.45. The Bertz CT molecular complexity index is 897. The van der Waals surface area contributed by atoms with E-state index in [1.165, 1.54) is 36.8 Å². The zero-order valence-corrected chi connectivity index (χ0v) is 18.6. The first-order valence-electron chi connectivity index (χ1n) is 11.5. The van der Waals surface area contributed by atoms with Gasteiger partial charge in [0, 0.05) is 31.3 Å². The molecule has 1 aliphatic carbocycles. The van der Waals surface area contributed by atoms with Crippen molar-refractivity contribution in [3.63, 3.8) is 0 Å². The first-order chi connectivity index (χ1) is 13.9. The minimum atomic E-state index is 0.0447. The smallest absolute Gasteiger partial charge is 0.326 e. The molecule has 0 atom stereocenters. The summed E-state index contributed by atoms with van der Waals surface area (Å²) < 4.78 is 8.02. The van der Waals surface area contributed by atoms with Gasteiger partial charge >= 0.3 is 5.69 Å². The lowest BCUT2D eigenvalue weighted by atomic mass is 9.79. The zero-order valence-electron chi connectivity index (χ0n) is 18.6. The third kappa shape index (κ3) is 4.04. The minimum absolute atomic E-state index is 0.0447. The van der Waals surface area contributed by atoms with E-state index in [2.05, 4.69) is 49.7 Å². The number of imidazole rings is 1. The summed E-state index contributed by atoms with van der Waals surface area (Å²) >= 11 is 0. The predicted molar refractivity (Wildman–Crippen MR) is 119 cm³/mol. The van der Waals surface area contributed by atoms with Crippen molar-refractivity contribution < 1.29 is 4.74 Å². The number of piperidine rings is 1. The van der Waals surface area contributed by atoms with Crippen LogP contribution in [-0.4, -0.2) is 45.8 Å². The molecule has 1 N–H and O–H groups in total. The molecule has 1 saturated heterocycles. The molecule has 29 heavy (non-hydrogen) atoms. The number of benzene rings is 1. The second-order valence-electron chi connectivity index (χ2n) is 9.54. The zero-order chi connectivity index (χ0) is 20.6.